The number of hydrazine groups is 1. The van der Waals surface area contributed by atoms with Crippen LogP contribution in [0, 0.1) is 5.92 Å². The molecule has 0 saturated heterocycles. The summed E-state index contributed by atoms with van der Waals surface area (Å²) >= 11 is 0. The molecule has 0 aliphatic rings. The first-order valence-electron chi connectivity index (χ1n) is 11.5. The molecule has 0 aromatic heterocycles. The molecule has 3 N–H and O–H groups in total. The van der Waals surface area contributed by atoms with Crippen molar-refractivity contribution in [2.24, 2.45) is 5.92 Å². The topological polar surface area (TPSA) is 123 Å². The lowest BCUT2D eigenvalue weighted by atomic mass is 10.0. The number of hydrogen-bond donors (Lipinski definition) is 3. The molecule has 2 atom stereocenters. The summed E-state index contributed by atoms with van der Waals surface area (Å²) in [6, 6.07) is 15.8. The minimum Gasteiger partial charge on any atom is -0.484 e. The first-order valence-corrected chi connectivity index (χ1v) is 11.5. The molecular formula is C26H33N3O6. The lowest BCUT2D eigenvalue weighted by Crippen LogP contribution is -2.50. The first-order chi connectivity index (χ1) is 16.8. The van der Waals surface area contributed by atoms with Gasteiger partial charge in [0.1, 0.15) is 12.4 Å². The Labute approximate surface area is 205 Å². The van der Waals surface area contributed by atoms with E-state index in [1.54, 1.807) is 38.1 Å². The minimum absolute atomic E-state index is 0.0220. The number of likely N-dealkylation sites (N-methyl/N-ethyl adjacent to an activating group) is 1. The third-order valence-corrected chi connectivity index (χ3v) is 5.28. The highest BCUT2D eigenvalue weighted by Gasteiger charge is 2.22. The SMILES string of the molecule is CCC(=O)[C@H](Cc1ccccc1)NNC(=O)C(C)CC(=O)OCc1ccc(OCC(=O)NC)cc1. The smallest absolute Gasteiger partial charge is 0.306 e. The number of nitrogens with one attached hydrogen (secondary N) is 3. The zero-order valence-electron chi connectivity index (χ0n) is 20.3. The molecule has 2 rings (SSSR count). The molecule has 0 fully saturated rings. The summed E-state index contributed by atoms with van der Waals surface area (Å²) in [5, 5.41) is 2.46. The van der Waals surface area contributed by atoms with Gasteiger partial charge in [-0.25, -0.2) is 5.43 Å². The van der Waals surface area contributed by atoms with Crippen LogP contribution in [0.15, 0.2) is 54.6 Å². The van der Waals surface area contributed by atoms with Gasteiger partial charge in [-0.3, -0.25) is 24.6 Å². The molecule has 9 nitrogen and oxygen atoms in total. The van der Waals surface area contributed by atoms with E-state index in [9.17, 15) is 19.2 Å². The Morgan fingerprint density at radius 2 is 1.63 bits per heavy atom. The molecule has 1 unspecified atom stereocenters. The Balaban J connectivity index is 1.76. The molecule has 2 amide bonds. The van der Waals surface area contributed by atoms with E-state index >= 15 is 0 Å². The summed E-state index contributed by atoms with van der Waals surface area (Å²) in [6.45, 7) is 3.35. The van der Waals surface area contributed by atoms with Crippen LogP contribution in [0.25, 0.3) is 0 Å². The van der Waals surface area contributed by atoms with Gasteiger partial charge in [-0.2, -0.15) is 0 Å². The highest BCUT2D eigenvalue weighted by molar-refractivity contribution is 5.86. The molecule has 0 spiro atoms. The van der Waals surface area contributed by atoms with Crippen molar-refractivity contribution < 1.29 is 28.7 Å². The van der Waals surface area contributed by atoms with E-state index in [4.69, 9.17) is 9.47 Å². The highest BCUT2D eigenvalue weighted by atomic mass is 16.5. The molecule has 188 valence electrons. The van der Waals surface area contributed by atoms with Gasteiger partial charge in [0.05, 0.1) is 12.5 Å². The van der Waals surface area contributed by atoms with Crippen molar-refractivity contribution in [3.8, 4) is 5.75 Å². The number of carbonyl (C=O) groups excluding carboxylic acids is 4. The molecule has 0 bridgehead atoms. The van der Waals surface area contributed by atoms with Gasteiger partial charge in [0.25, 0.3) is 5.91 Å². The Morgan fingerprint density at radius 1 is 0.943 bits per heavy atom. The molecule has 35 heavy (non-hydrogen) atoms. The number of amides is 2. The number of ketones is 1. The van der Waals surface area contributed by atoms with Gasteiger partial charge >= 0.3 is 5.97 Å². The summed E-state index contributed by atoms with van der Waals surface area (Å²) in [5.41, 5.74) is 7.10. The lowest BCUT2D eigenvalue weighted by molar-refractivity contribution is -0.148. The second-order valence-corrected chi connectivity index (χ2v) is 8.07. The maximum atomic E-state index is 12.5. The molecule has 0 aliphatic heterocycles. The zero-order chi connectivity index (χ0) is 25.6. The van der Waals surface area contributed by atoms with E-state index in [1.165, 1.54) is 7.05 Å². The van der Waals surface area contributed by atoms with Crippen molar-refractivity contribution in [1.82, 2.24) is 16.2 Å². The third kappa shape index (κ3) is 9.97. The number of rotatable bonds is 14. The summed E-state index contributed by atoms with van der Waals surface area (Å²) < 4.78 is 10.6. The van der Waals surface area contributed by atoms with Gasteiger partial charge in [-0.1, -0.05) is 56.3 Å². The summed E-state index contributed by atoms with van der Waals surface area (Å²) in [5.74, 6) is -1.30. The fraction of sp³-hybridized carbons (Fsp3) is 0.385. The molecule has 0 saturated carbocycles. The van der Waals surface area contributed by atoms with Crippen molar-refractivity contribution >= 4 is 23.6 Å². The quantitative estimate of drug-likeness (QED) is 0.278. The largest absolute Gasteiger partial charge is 0.484 e. The number of hydrogen-bond acceptors (Lipinski definition) is 7. The van der Waals surface area contributed by atoms with Crippen molar-refractivity contribution in [3.63, 3.8) is 0 Å². The third-order valence-electron chi connectivity index (χ3n) is 5.28. The zero-order valence-corrected chi connectivity index (χ0v) is 20.3. The number of benzene rings is 2. The van der Waals surface area contributed by atoms with E-state index in [1.807, 2.05) is 30.3 Å². The first kappa shape index (κ1) is 27.5. The van der Waals surface area contributed by atoms with Crippen molar-refractivity contribution in [3.05, 3.63) is 65.7 Å². The molecule has 2 aromatic carbocycles. The van der Waals surface area contributed by atoms with Gasteiger partial charge in [0, 0.05) is 19.4 Å². The number of carbonyl (C=O) groups is 4. The fourth-order valence-electron chi connectivity index (χ4n) is 3.09. The number of Topliss-reactive ketones (excluding diaryl/α,β-unsaturated/α-hetero) is 1. The van der Waals surface area contributed by atoms with Gasteiger partial charge in [0.15, 0.2) is 12.4 Å². The van der Waals surface area contributed by atoms with Crippen LogP contribution in [0.2, 0.25) is 0 Å². The second kappa shape index (κ2) is 14.5. The highest BCUT2D eigenvalue weighted by Crippen LogP contribution is 2.14. The van der Waals surface area contributed by atoms with Crippen molar-refractivity contribution in [1.29, 1.82) is 0 Å². The monoisotopic (exact) mass is 483 g/mol. The van der Waals surface area contributed by atoms with Gasteiger partial charge < -0.3 is 14.8 Å². The van der Waals surface area contributed by atoms with E-state index < -0.39 is 23.8 Å². The van der Waals surface area contributed by atoms with Crippen molar-refractivity contribution in [2.45, 2.75) is 45.8 Å². The summed E-state index contributed by atoms with van der Waals surface area (Å²) in [6.07, 6.45) is 0.676. The van der Waals surface area contributed by atoms with Crippen LogP contribution in [-0.2, 0) is 36.9 Å². The fourth-order valence-corrected chi connectivity index (χ4v) is 3.09. The molecule has 0 heterocycles. The Kier molecular flexibility index (Phi) is 11.4. The molecular weight excluding hydrogens is 450 g/mol. The Hall–Kier alpha value is -3.72. The van der Waals surface area contributed by atoms with Crippen LogP contribution in [0.1, 0.15) is 37.8 Å². The van der Waals surface area contributed by atoms with Crippen LogP contribution >= 0.6 is 0 Å². The predicted molar refractivity (Wildman–Crippen MR) is 130 cm³/mol. The van der Waals surface area contributed by atoms with Crippen LogP contribution in [-0.4, -0.2) is 43.3 Å². The van der Waals surface area contributed by atoms with Gasteiger partial charge in [0.2, 0.25) is 5.91 Å². The summed E-state index contributed by atoms with van der Waals surface area (Å²) in [7, 11) is 1.53. The van der Waals surface area contributed by atoms with Crippen LogP contribution < -0.4 is 20.9 Å². The normalized spacial score (nSPS) is 12.2. The second-order valence-electron chi connectivity index (χ2n) is 8.07. The van der Waals surface area contributed by atoms with E-state index in [0.717, 1.165) is 11.1 Å². The van der Waals surface area contributed by atoms with E-state index in [2.05, 4.69) is 16.2 Å². The number of ether oxygens (including phenoxy) is 2. The van der Waals surface area contributed by atoms with Crippen molar-refractivity contribution in [2.75, 3.05) is 13.7 Å². The van der Waals surface area contributed by atoms with E-state index in [0.29, 0.717) is 18.6 Å². The standard InChI is InChI=1S/C26H33N3O6/c1-4-23(30)22(15-19-8-6-5-7-9-19)28-29-26(33)18(2)14-25(32)35-16-20-10-12-21(13-11-20)34-17-24(31)27-3/h5-13,18,22,28H,4,14-17H2,1-3H3,(H,27,31)(H,29,33)/t18?,22-/m0/s1. The molecule has 0 aliphatic carbocycles. The lowest BCUT2D eigenvalue weighted by Gasteiger charge is -2.19. The predicted octanol–water partition coefficient (Wildman–Crippen LogP) is 2.09. The van der Waals surface area contributed by atoms with Crippen LogP contribution in [0.5, 0.6) is 5.75 Å². The average Bonchev–Trinajstić information content (AvgIpc) is 2.88. The molecule has 0 radical (unpaired) electrons. The van der Waals surface area contributed by atoms with Gasteiger partial charge in [-0.15, -0.1) is 0 Å². The molecule has 9 heteroatoms. The average molecular weight is 484 g/mol. The molecule has 2 aromatic rings. The Bertz CT molecular complexity index is 978. The van der Waals surface area contributed by atoms with Crippen LogP contribution in [0.4, 0.5) is 0 Å². The number of esters is 1. The summed E-state index contributed by atoms with van der Waals surface area (Å²) in [4.78, 5) is 48.2. The van der Waals surface area contributed by atoms with Gasteiger partial charge in [-0.05, 0) is 29.7 Å². The van der Waals surface area contributed by atoms with Crippen LogP contribution in [0.3, 0.4) is 0 Å². The maximum Gasteiger partial charge on any atom is 0.306 e. The Morgan fingerprint density at radius 3 is 2.26 bits per heavy atom. The maximum absolute atomic E-state index is 12.5. The minimum atomic E-state index is -0.649. The van der Waals surface area contributed by atoms with E-state index in [-0.39, 0.29) is 31.3 Å².